The summed E-state index contributed by atoms with van der Waals surface area (Å²) in [5, 5.41) is 9.43. The average Bonchev–Trinajstić information content (AvgIpc) is 2.74. The van der Waals surface area contributed by atoms with Crippen LogP contribution in [0.3, 0.4) is 0 Å². The number of likely N-dealkylation sites (tertiary alicyclic amines) is 1. The van der Waals surface area contributed by atoms with Gasteiger partial charge in [-0.3, -0.25) is 14.8 Å². The minimum atomic E-state index is -0.505. The topological polar surface area (TPSA) is 66.3 Å². The zero-order chi connectivity index (χ0) is 13.2. The van der Waals surface area contributed by atoms with Gasteiger partial charge in [-0.1, -0.05) is 6.07 Å². The third-order valence-electron chi connectivity index (χ3n) is 3.40. The van der Waals surface area contributed by atoms with Crippen LogP contribution in [0.2, 0.25) is 0 Å². The molecule has 98 valence electrons. The summed E-state index contributed by atoms with van der Waals surface area (Å²) in [6.45, 7) is 1.09. The molecule has 1 aromatic heterocycles. The molecule has 0 radical (unpaired) electrons. The summed E-state index contributed by atoms with van der Waals surface area (Å²) in [7, 11) is 0. The molecule has 1 fully saturated rings. The van der Waals surface area contributed by atoms with Crippen molar-refractivity contribution in [3.05, 3.63) is 36.2 Å². The van der Waals surface area contributed by atoms with Crippen molar-refractivity contribution in [1.82, 2.24) is 14.9 Å². The third-order valence-corrected chi connectivity index (χ3v) is 3.40. The molecule has 0 bridgehead atoms. The second-order valence-corrected chi connectivity index (χ2v) is 4.83. The van der Waals surface area contributed by atoms with Gasteiger partial charge in [-0.15, -0.1) is 0 Å². The number of amides is 1. The number of aromatic nitrogens is 2. The molecule has 2 aromatic rings. The van der Waals surface area contributed by atoms with E-state index in [9.17, 15) is 9.90 Å². The highest BCUT2D eigenvalue weighted by Crippen LogP contribution is 2.14. The van der Waals surface area contributed by atoms with E-state index in [4.69, 9.17) is 0 Å². The smallest absolute Gasteiger partial charge is 0.225 e. The molecule has 0 saturated carbocycles. The van der Waals surface area contributed by atoms with E-state index >= 15 is 0 Å². The van der Waals surface area contributed by atoms with Crippen LogP contribution < -0.4 is 0 Å². The first-order chi connectivity index (χ1) is 9.22. The second kappa shape index (κ2) is 4.93. The van der Waals surface area contributed by atoms with Gasteiger partial charge >= 0.3 is 0 Å². The van der Waals surface area contributed by atoms with E-state index in [1.807, 2.05) is 18.2 Å². The first-order valence-electron chi connectivity index (χ1n) is 6.38. The first kappa shape index (κ1) is 12.0. The standard InChI is InChI=1S/C14H15N3O2/c18-11-8-14(19)17(9-11)6-3-10-1-2-12-13(7-10)16-5-4-15-12/h1-2,4-5,7,11,18H,3,6,8-9H2. The van der Waals surface area contributed by atoms with Crippen LogP contribution in [0.25, 0.3) is 11.0 Å². The zero-order valence-corrected chi connectivity index (χ0v) is 10.5. The zero-order valence-electron chi connectivity index (χ0n) is 10.5. The average molecular weight is 257 g/mol. The molecule has 5 heteroatoms. The summed E-state index contributed by atoms with van der Waals surface area (Å²) in [6, 6.07) is 5.95. The fraction of sp³-hybridized carbons (Fsp3) is 0.357. The molecule has 1 aromatic carbocycles. The molecule has 0 aliphatic carbocycles. The van der Waals surface area contributed by atoms with E-state index in [0.29, 0.717) is 13.1 Å². The summed E-state index contributed by atoms with van der Waals surface area (Å²) in [6.07, 6.45) is 3.86. The maximum atomic E-state index is 11.6. The number of carbonyl (C=O) groups is 1. The number of benzene rings is 1. The molecule has 1 aliphatic rings. The minimum absolute atomic E-state index is 0.0353. The van der Waals surface area contributed by atoms with Crippen LogP contribution >= 0.6 is 0 Å². The lowest BCUT2D eigenvalue weighted by Crippen LogP contribution is -2.28. The number of hydrogen-bond donors (Lipinski definition) is 1. The second-order valence-electron chi connectivity index (χ2n) is 4.83. The summed E-state index contributed by atoms with van der Waals surface area (Å²) in [4.78, 5) is 21.8. The monoisotopic (exact) mass is 257 g/mol. The maximum Gasteiger partial charge on any atom is 0.225 e. The lowest BCUT2D eigenvalue weighted by Gasteiger charge is -2.15. The van der Waals surface area contributed by atoms with Gasteiger partial charge in [0, 0.05) is 25.5 Å². The van der Waals surface area contributed by atoms with Gasteiger partial charge in [0.2, 0.25) is 5.91 Å². The van der Waals surface area contributed by atoms with Crippen molar-refractivity contribution in [2.24, 2.45) is 0 Å². The van der Waals surface area contributed by atoms with Gasteiger partial charge in [0.25, 0.3) is 0 Å². The predicted octanol–water partition coefficient (Wildman–Crippen LogP) is 0.765. The van der Waals surface area contributed by atoms with Gasteiger partial charge in [0.1, 0.15) is 0 Å². The van der Waals surface area contributed by atoms with Crippen molar-refractivity contribution in [3.63, 3.8) is 0 Å². The van der Waals surface area contributed by atoms with E-state index in [2.05, 4.69) is 9.97 Å². The Morgan fingerprint density at radius 3 is 2.79 bits per heavy atom. The molecule has 1 atom stereocenters. The highest BCUT2D eigenvalue weighted by Gasteiger charge is 2.27. The number of aliphatic hydroxyl groups is 1. The summed E-state index contributed by atoms with van der Waals surface area (Å²) in [5.74, 6) is 0.0353. The van der Waals surface area contributed by atoms with Gasteiger partial charge in [0.15, 0.2) is 0 Å². The Bertz CT molecular complexity index is 614. The molecule has 1 amide bonds. The van der Waals surface area contributed by atoms with Crippen LogP contribution in [-0.4, -0.2) is 45.1 Å². The molecular weight excluding hydrogens is 242 g/mol. The number of β-amino-alcohol motifs (C(OH)–C–C–N with tert-alkyl or cyclic N) is 1. The summed E-state index contributed by atoms with van der Waals surface area (Å²) >= 11 is 0. The normalized spacial score (nSPS) is 19.3. The number of aliphatic hydroxyl groups excluding tert-OH is 1. The Balaban J connectivity index is 1.70. The highest BCUT2D eigenvalue weighted by atomic mass is 16.3. The number of carbonyl (C=O) groups excluding carboxylic acids is 1. The van der Waals surface area contributed by atoms with Crippen LogP contribution in [0.5, 0.6) is 0 Å². The Morgan fingerprint density at radius 2 is 2.05 bits per heavy atom. The Hall–Kier alpha value is -2.01. The summed E-state index contributed by atoms with van der Waals surface area (Å²) in [5.41, 5.74) is 2.87. The molecule has 1 saturated heterocycles. The molecule has 5 nitrogen and oxygen atoms in total. The number of nitrogens with zero attached hydrogens (tertiary/aromatic N) is 3. The van der Waals surface area contributed by atoms with Crippen molar-refractivity contribution < 1.29 is 9.90 Å². The molecule has 1 unspecified atom stereocenters. The molecule has 1 N–H and O–H groups in total. The number of fused-ring (bicyclic) bond motifs is 1. The van der Waals surface area contributed by atoms with E-state index in [-0.39, 0.29) is 12.3 Å². The quantitative estimate of drug-likeness (QED) is 0.881. The number of hydrogen-bond acceptors (Lipinski definition) is 4. The van der Waals surface area contributed by atoms with Gasteiger partial charge in [-0.05, 0) is 24.1 Å². The van der Waals surface area contributed by atoms with Gasteiger partial charge in [0.05, 0.1) is 23.6 Å². The van der Waals surface area contributed by atoms with Crippen molar-refractivity contribution >= 4 is 16.9 Å². The van der Waals surface area contributed by atoms with Gasteiger partial charge in [-0.2, -0.15) is 0 Å². The molecular formula is C14H15N3O2. The van der Waals surface area contributed by atoms with Crippen molar-refractivity contribution in [2.75, 3.05) is 13.1 Å². The Kier molecular flexibility index (Phi) is 3.13. The summed E-state index contributed by atoms with van der Waals surface area (Å²) < 4.78 is 0. The number of rotatable bonds is 3. The fourth-order valence-corrected chi connectivity index (χ4v) is 2.40. The van der Waals surface area contributed by atoms with Crippen LogP contribution in [0.1, 0.15) is 12.0 Å². The molecule has 3 rings (SSSR count). The van der Waals surface area contributed by atoms with E-state index < -0.39 is 6.10 Å². The van der Waals surface area contributed by atoms with Crippen molar-refractivity contribution in [3.8, 4) is 0 Å². The molecule has 2 heterocycles. The largest absolute Gasteiger partial charge is 0.391 e. The predicted molar refractivity (Wildman–Crippen MR) is 70.4 cm³/mol. The third kappa shape index (κ3) is 2.56. The Labute approximate surface area is 110 Å². The van der Waals surface area contributed by atoms with Crippen LogP contribution in [0.4, 0.5) is 0 Å². The molecule has 0 spiro atoms. The van der Waals surface area contributed by atoms with E-state index in [1.54, 1.807) is 17.3 Å². The fourth-order valence-electron chi connectivity index (χ4n) is 2.40. The van der Waals surface area contributed by atoms with E-state index in [1.165, 1.54) is 0 Å². The SMILES string of the molecule is O=C1CC(O)CN1CCc1ccc2nccnc2c1. The Morgan fingerprint density at radius 1 is 1.26 bits per heavy atom. The van der Waals surface area contributed by atoms with Crippen LogP contribution in [-0.2, 0) is 11.2 Å². The van der Waals surface area contributed by atoms with Crippen LogP contribution in [0, 0.1) is 0 Å². The first-order valence-corrected chi connectivity index (χ1v) is 6.38. The maximum absolute atomic E-state index is 11.6. The van der Waals surface area contributed by atoms with Gasteiger partial charge < -0.3 is 10.0 Å². The van der Waals surface area contributed by atoms with Crippen LogP contribution in [0.15, 0.2) is 30.6 Å². The molecule has 1 aliphatic heterocycles. The molecule has 19 heavy (non-hydrogen) atoms. The highest BCUT2D eigenvalue weighted by molar-refractivity contribution is 5.79. The van der Waals surface area contributed by atoms with Crippen molar-refractivity contribution in [1.29, 1.82) is 0 Å². The van der Waals surface area contributed by atoms with Crippen molar-refractivity contribution in [2.45, 2.75) is 18.9 Å². The van der Waals surface area contributed by atoms with E-state index in [0.717, 1.165) is 23.0 Å². The minimum Gasteiger partial charge on any atom is -0.391 e. The lowest BCUT2D eigenvalue weighted by atomic mass is 10.1. The lowest BCUT2D eigenvalue weighted by molar-refractivity contribution is -0.127. The van der Waals surface area contributed by atoms with Gasteiger partial charge in [-0.25, -0.2) is 0 Å².